The number of alkyl halides is 1. The molecule has 0 amide bonds. The van der Waals surface area contributed by atoms with Gasteiger partial charge in [0, 0.05) is 13.4 Å². The summed E-state index contributed by atoms with van der Waals surface area (Å²) in [6.07, 6.45) is 5.54. The largest absolute Gasteiger partial charge is 0.0792 e. The van der Waals surface area contributed by atoms with Gasteiger partial charge in [-0.25, -0.2) is 0 Å². The predicted molar refractivity (Wildman–Crippen MR) is 101 cm³/mol. The van der Waals surface area contributed by atoms with Gasteiger partial charge < -0.3 is 0 Å². The lowest BCUT2D eigenvalue weighted by Crippen LogP contribution is -2.12. The van der Waals surface area contributed by atoms with Crippen LogP contribution >= 0.6 is 63.7 Å². The molecule has 1 unspecified atom stereocenters. The maximum absolute atomic E-state index is 3.78. The SMILES string of the molecule is BrC1=CC(Br)C2=CCc3c(Br)cc(Br)c4ccc1c2c34. The van der Waals surface area contributed by atoms with Gasteiger partial charge in [0.15, 0.2) is 0 Å². The van der Waals surface area contributed by atoms with E-state index in [0.29, 0.717) is 0 Å². The van der Waals surface area contributed by atoms with Crippen molar-refractivity contribution < 1.29 is 0 Å². The smallest absolute Gasteiger partial charge is 0.0592 e. The molecule has 0 aromatic heterocycles. The summed E-state index contributed by atoms with van der Waals surface area (Å²) in [5, 5.41) is 2.66. The second-order valence-electron chi connectivity index (χ2n) is 5.01. The Bertz CT molecular complexity index is 830. The molecule has 0 fully saturated rings. The molecule has 2 aromatic carbocycles. The zero-order valence-corrected chi connectivity index (χ0v) is 16.5. The maximum Gasteiger partial charge on any atom is 0.0592 e. The third-order valence-electron chi connectivity index (χ3n) is 3.97. The second-order valence-corrected chi connectivity index (χ2v) is 8.56. The highest BCUT2D eigenvalue weighted by Gasteiger charge is 2.28. The van der Waals surface area contributed by atoms with Crippen LogP contribution in [0.4, 0.5) is 0 Å². The molecular formula is C16H8Br4. The van der Waals surface area contributed by atoms with Gasteiger partial charge in [-0.05, 0) is 45.5 Å². The molecule has 0 saturated heterocycles. The van der Waals surface area contributed by atoms with Crippen molar-refractivity contribution in [1.29, 1.82) is 0 Å². The third kappa shape index (κ3) is 1.81. The minimum absolute atomic E-state index is 0.279. The molecule has 0 radical (unpaired) electrons. The molecule has 0 aliphatic heterocycles. The van der Waals surface area contributed by atoms with Gasteiger partial charge in [-0.15, -0.1) is 0 Å². The minimum atomic E-state index is 0.279. The molecule has 1 atom stereocenters. The van der Waals surface area contributed by atoms with Crippen LogP contribution < -0.4 is 0 Å². The van der Waals surface area contributed by atoms with Crippen molar-refractivity contribution in [2.45, 2.75) is 11.2 Å². The van der Waals surface area contributed by atoms with Crippen molar-refractivity contribution >= 4 is 84.5 Å². The summed E-state index contributed by atoms with van der Waals surface area (Å²) in [5.74, 6) is 0. The Kier molecular flexibility index (Phi) is 3.30. The van der Waals surface area contributed by atoms with Crippen LogP contribution in [0, 0.1) is 0 Å². The van der Waals surface area contributed by atoms with Gasteiger partial charge >= 0.3 is 0 Å². The van der Waals surface area contributed by atoms with Gasteiger partial charge in [0.25, 0.3) is 0 Å². The Hall–Kier alpha value is 0.1000. The van der Waals surface area contributed by atoms with Crippen LogP contribution in [0.2, 0.25) is 0 Å². The molecular weight excluding hydrogens is 512 g/mol. The van der Waals surface area contributed by atoms with E-state index in [0.717, 1.165) is 15.4 Å². The molecule has 0 heterocycles. The topological polar surface area (TPSA) is 0 Å². The molecule has 4 heteroatoms. The van der Waals surface area contributed by atoms with E-state index in [1.807, 2.05) is 0 Å². The van der Waals surface area contributed by atoms with Gasteiger partial charge in [0.1, 0.15) is 0 Å². The molecule has 100 valence electrons. The molecule has 0 nitrogen and oxygen atoms in total. The first kappa shape index (κ1) is 13.7. The molecule has 0 bridgehead atoms. The number of hydrogen-bond donors (Lipinski definition) is 0. The van der Waals surface area contributed by atoms with E-state index >= 15 is 0 Å². The highest BCUT2D eigenvalue weighted by molar-refractivity contribution is 9.15. The van der Waals surface area contributed by atoms with E-state index in [-0.39, 0.29) is 4.83 Å². The summed E-state index contributed by atoms with van der Waals surface area (Å²) < 4.78 is 3.48. The van der Waals surface area contributed by atoms with E-state index in [2.05, 4.69) is 94.1 Å². The third-order valence-corrected chi connectivity index (χ3v) is 6.78. The molecule has 4 rings (SSSR count). The maximum atomic E-state index is 3.78. The summed E-state index contributed by atoms with van der Waals surface area (Å²) in [5.41, 5.74) is 5.41. The molecule has 0 spiro atoms. The molecule has 20 heavy (non-hydrogen) atoms. The zero-order valence-electron chi connectivity index (χ0n) is 10.2. The minimum Gasteiger partial charge on any atom is -0.0792 e. The van der Waals surface area contributed by atoms with Crippen LogP contribution in [0.25, 0.3) is 20.8 Å². The average molecular weight is 520 g/mol. The van der Waals surface area contributed by atoms with Crippen LogP contribution in [0.1, 0.15) is 16.7 Å². The second kappa shape index (κ2) is 4.80. The number of rotatable bonds is 0. The summed E-state index contributed by atoms with van der Waals surface area (Å²) in [6.45, 7) is 0. The molecule has 2 aliphatic carbocycles. The molecule has 0 saturated carbocycles. The Morgan fingerprint density at radius 2 is 1.85 bits per heavy atom. The zero-order chi connectivity index (χ0) is 14.0. The summed E-state index contributed by atoms with van der Waals surface area (Å²) in [7, 11) is 0. The van der Waals surface area contributed by atoms with E-state index in [9.17, 15) is 0 Å². The first-order valence-corrected chi connectivity index (χ1v) is 9.53. The highest BCUT2D eigenvalue weighted by Crippen LogP contribution is 2.48. The number of benzene rings is 2. The van der Waals surface area contributed by atoms with E-state index in [4.69, 9.17) is 0 Å². The van der Waals surface area contributed by atoms with Crippen molar-refractivity contribution in [3.63, 3.8) is 0 Å². The van der Waals surface area contributed by atoms with Gasteiger partial charge in [-0.2, -0.15) is 0 Å². The summed E-state index contributed by atoms with van der Waals surface area (Å²) in [6, 6.07) is 6.57. The lowest BCUT2D eigenvalue weighted by Gasteiger charge is -2.28. The first-order valence-electron chi connectivity index (χ1n) is 6.23. The Morgan fingerprint density at radius 3 is 2.65 bits per heavy atom. The van der Waals surface area contributed by atoms with Crippen LogP contribution in [0.15, 0.2) is 39.3 Å². The van der Waals surface area contributed by atoms with Gasteiger partial charge in [-0.3, -0.25) is 0 Å². The summed E-state index contributed by atoms with van der Waals surface area (Å²) in [4.78, 5) is 0.279. The Balaban J connectivity index is 2.25. The lowest BCUT2D eigenvalue weighted by atomic mass is 9.81. The van der Waals surface area contributed by atoms with Crippen LogP contribution in [0.3, 0.4) is 0 Å². The van der Waals surface area contributed by atoms with Crippen molar-refractivity contribution in [2.75, 3.05) is 0 Å². The van der Waals surface area contributed by atoms with E-state index in [1.165, 1.54) is 37.5 Å². The lowest BCUT2D eigenvalue weighted by molar-refractivity contribution is 1.22. The average Bonchev–Trinajstić information content (AvgIpc) is 2.42. The standard InChI is InChI=1S/C16H8Br4/c17-11-5-13(19)9-3-4-10-14(20)6-12(18)8-2-1-7(11)15(9)16(8)10/h1-3,5-6,13H,4H2. The van der Waals surface area contributed by atoms with Crippen molar-refractivity contribution in [1.82, 2.24) is 0 Å². The monoisotopic (exact) mass is 516 g/mol. The normalized spacial score (nSPS) is 19.9. The number of allylic oxidation sites excluding steroid dienone is 3. The predicted octanol–water partition coefficient (Wildman–Crippen LogP) is 6.82. The number of halogens is 4. The van der Waals surface area contributed by atoms with Crippen LogP contribution in [0.5, 0.6) is 0 Å². The highest BCUT2D eigenvalue weighted by atomic mass is 79.9. The Labute approximate surface area is 150 Å². The van der Waals surface area contributed by atoms with Crippen LogP contribution in [-0.2, 0) is 6.42 Å². The fraction of sp³-hybridized carbons (Fsp3) is 0.125. The number of hydrogen-bond acceptors (Lipinski definition) is 0. The van der Waals surface area contributed by atoms with Gasteiger partial charge in [0.2, 0.25) is 0 Å². The van der Waals surface area contributed by atoms with Crippen molar-refractivity contribution in [3.8, 4) is 0 Å². The fourth-order valence-corrected chi connectivity index (χ4v) is 6.17. The van der Waals surface area contributed by atoms with Gasteiger partial charge in [-0.1, -0.05) is 88.0 Å². The van der Waals surface area contributed by atoms with E-state index in [1.54, 1.807) is 0 Å². The Morgan fingerprint density at radius 1 is 1.05 bits per heavy atom. The van der Waals surface area contributed by atoms with Crippen molar-refractivity contribution in [2.24, 2.45) is 0 Å². The van der Waals surface area contributed by atoms with Crippen LogP contribution in [-0.4, -0.2) is 4.83 Å². The van der Waals surface area contributed by atoms with E-state index < -0.39 is 0 Å². The molecule has 2 aliphatic rings. The first-order chi connectivity index (χ1) is 9.58. The van der Waals surface area contributed by atoms with Crippen molar-refractivity contribution in [3.05, 3.63) is 56.0 Å². The van der Waals surface area contributed by atoms with Gasteiger partial charge in [0.05, 0.1) is 4.83 Å². The molecule has 0 N–H and O–H groups in total. The summed E-state index contributed by atoms with van der Waals surface area (Å²) >= 11 is 14.9. The fourth-order valence-electron chi connectivity index (χ4n) is 3.08. The quantitative estimate of drug-likeness (QED) is 0.335. The molecule has 2 aromatic rings.